The van der Waals surface area contributed by atoms with Gasteiger partial charge in [-0.25, -0.2) is 0 Å². The maximum absolute atomic E-state index is 11.9. The Kier molecular flexibility index (Phi) is 13.3. The van der Waals surface area contributed by atoms with E-state index in [1.165, 1.54) is 25.0 Å². The zero-order valence-electron chi connectivity index (χ0n) is 20.0. The summed E-state index contributed by atoms with van der Waals surface area (Å²) in [7, 11) is 0. The Bertz CT molecular complexity index is 903. The SMILES string of the molecule is Cc1cc(O)c(O)c(O)c1.O=CNCCCCCCCCCCNC(=O)c1cc(O)c(O)c(O)c1. The maximum Gasteiger partial charge on any atom is 0.251 e. The van der Waals surface area contributed by atoms with E-state index in [1.54, 1.807) is 6.92 Å². The minimum Gasteiger partial charge on any atom is -0.504 e. The van der Waals surface area contributed by atoms with Gasteiger partial charge in [0.15, 0.2) is 34.5 Å². The second kappa shape index (κ2) is 15.9. The fourth-order valence-corrected chi connectivity index (χ4v) is 3.25. The van der Waals surface area contributed by atoms with Gasteiger partial charge in [-0.1, -0.05) is 38.5 Å². The van der Waals surface area contributed by atoms with Gasteiger partial charge in [-0.15, -0.1) is 0 Å². The molecule has 0 unspecified atom stereocenters. The van der Waals surface area contributed by atoms with E-state index in [2.05, 4.69) is 10.6 Å². The van der Waals surface area contributed by atoms with Crippen molar-refractivity contribution in [2.24, 2.45) is 0 Å². The first kappa shape index (κ1) is 29.2. The molecule has 2 aromatic carbocycles. The number of rotatable bonds is 13. The Morgan fingerprint density at radius 3 is 1.54 bits per heavy atom. The average molecular weight is 493 g/mol. The van der Waals surface area contributed by atoms with Gasteiger partial charge in [-0.2, -0.15) is 0 Å². The number of benzene rings is 2. The van der Waals surface area contributed by atoms with Crippen LogP contribution in [0.3, 0.4) is 0 Å². The molecule has 0 atom stereocenters. The molecule has 0 saturated carbocycles. The number of carbonyl (C=O) groups excluding carboxylic acids is 2. The summed E-state index contributed by atoms with van der Waals surface area (Å²) in [5.74, 6) is -3.12. The van der Waals surface area contributed by atoms with Crippen LogP contribution in [0.25, 0.3) is 0 Å². The van der Waals surface area contributed by atoms with E-state index in [0.717, 1.165) is 63.6 Å². The standard InChI is InChI=1S/C18H28N2O5.C7H8O3/c21-13-19-9-7-5-3-1-2-4-6-8-10-20-18(25)14-11-15(22)17(24)16(23)12-14;1-4-2-5(8)7(10)6(9)3-4/h11-13,22-24H,1-10H2,(H,19,21)(H,20,25);2-3,8-10H,1H3. The van der Waals surface area contributed by atoms with Crippen molar-refractivity contribution in [2.45, 2.75) is 58.3 Å². The molecule has 0 aliphatic heterocycles. The quantitative estimate of drug-likeness (QED) is 0.119. The van der Waals surface area contributed by atoms with Crippen LogP contribution in [0.5, 0.6) is 34.5 Å². The topological polar surface area (TPSA) is 180 Å². The Balaban J connectivity index is 0.000000507. The highest BCUT2D eigenvalue weighted by Crippen LogP contribution is 2.35. The van der Waals surface area contributed by atoms with E-state index < -0.39 is 28.9 Å². The average Bonchev–Trinajstić information content (AvgIpc) is 2.81. The van der Waals surface area contributed by atoms with Crippen LogP contribution in [-0.2, 0) is 4.79 Å². The Morgan fingerprint density at radius 1 is 0.686 bits per heavy atom. The number of phenolic OH excluding ortho intramolecular Hbond substituents is 6. The number of hydrogen-bond acceptors (Lipinski definition) is 8. The first-order valence-corrected chi connectivity index (χ1v) is 11.6. The van der Waals surface area contributed by atoms with E-state index in [1.807, 2.05) is 0 Å². The second-order valence-electron chi connectivity index (χ2n) is 8.17. The largest absolute Gasteiger partial charge is 0.504 e. The summed E-state index contributed by atoms with van der Waals surface area (Å²) in [4.78, 5) is 22.0. The van der Waals surface area contributed by atoms with Crippen LogP contribution in [-0.4, -0.2) is 56.0 Å². The zero-order chi connectivity index (χ0) is 26.2. The first-order valence-electron chi connectivity index (χ1n) is 11.6. The number of unbranched alkanes of at least 4 members (excludes halogenated alkanes) is 7. The summed E-state index contributed by atoms with van der Waals surface area (Å²) in [5, 5.41) is 60.0. The van der Waals surface area contributed by atoms with Gasteiger partial charge in [0, 0.05) is 18.7 Å². The third kappa shape index (κ3) is 11.2. The molecule has 2 rings (SSSR count). The van der Waals surface area contributed by atoms with Crippen molar-refractivity contribution < 1.29 is 40.2 Å². The highest BCUT2D eigenvalue weighted by Gasteiger charge is 2.13. The minimum atomic E-state index is -0.628. The lowest BCUT2D eigenvalue weighted by atomic mass is 10.1. The molecule has 2 amide bonds. The van der Waals surface area contributed by atoms with Crippen molar-refractivity contribution >= 4 is 12.3 Å². The van der Waals surface area contributed by atoms with Gasteiger partial charge in [0.25, 0.3) is 5.91 Å². The Morgan fingerprint density at radius 2 is 1.09 bits per heavy atom. The van der Waals surface area contributed by atoms with Crippen LogP contribution in [0.15, 0.2) is 24.3 Å². The molecule has 0 aliphatic carbocycles. The summed E-state index contributed by atoms with van der Waals surface area (Å²) >= 11 is 0. The molecule has 0 spiro atoms. The molecule has 0 aliphatic rings. The minimum absolute atomic E-state index is 0.108. The summed E-state index contributed by atoms with van der Waals surface area (Å²) in [6.45, 7) is 2.98. The molecule has 0 saturated heterocycles. The molecule has 2 aromatic rings. The number of hydrogen-bond donors (Lipinski definition) is 8. The van der Waals surface area contributed by atoms with Gasteiger partial charge < -0.3 is 41.3 Å². The molecule has 0 radical (unpaired) electrons. The predicted molar refractivity (Wildman–Crippen MR) is 131 cm³/mol. The van der Waals surface area contributed by atoms with Gasteiger partial charge in [-0.3, -0.25) is 9.59 Å². The van der Waals surface area contributed by atoms with Crippen molar-refractivity contribution in [1.29, 1.82) is 0 Å². The normalized spacial score (nSPS) is 10.2. The smallest absolute Gasteiger partial charge is 0.251 e. The summed E-state index contributed by atoms with van der Waals surface area (Å²) < 4.78 is 0. The number of nitrogens with one attached hydrogen (secondary N) is 2. The molecular weight excluding hydrogens is 456 g/mol. The Labute approximate surface area is 204 Å². The lowest BCUT2D eigenvalue weighted by Crippen LogP contribution is -2.24. The van der Waals surface area contributed by atoms with Crippen LogP contribution < -0.4 is 10.6 Å². The molecule has 10 heteroatoms. The first-order chi connectivity index (χ1) is 16.7. The van der Waals surface area contributed by atoms with Gasteiger partial charge in [0.2, 0.25) is 6.41 Å². The monoisotopic (exact) mass is 492 g/mol. The molecule has 10 nitrogen and oxygen atoms in total. The Hall–Kier alpha value is -3.82. The van der Waals surface area contributed by atoms with Crippen LogP contribution in [0.1, 0.15) is 67.3 Å². The maximum atomic E-state index is 11.9. The molecular formula is C25H36N2O8. The van der Waals surface area contributed by atoms with Crippen LogP contribution in [0.4, 0.5) is 0 Å². The highest BCUT2D eigenvalue weighted by atomic mass is 16.3. The number of aromatic hydroxyl groups is 6. The van der Waals surface area contributed by atoms with E-state index in [9.17, 15) is 24.9 Å². The van der Waals surface area contributed by atoms with Crippen molar-refractivity contribution in [3.63, 3.8) is 0 Å². The fraction of sp³-hybridized carbons (Fsp3) is 0.440. The van der Waals surface area contributed by atoms with E-state index in [0.29, 0.717) is 12.1 Å². The van der Waals surface area contributed by atoms with Gasteiger partial charge in [0.1, 0.15) is 0 Å². The molecule has 0 aromatic heterocycles. The van der Waals surface area contributed by atoms with Crippen molar-refractivity contribution in [3.05, 3.63) is 35.4 Å². The molecule has 0 heterocycles. The lowest BCUT2D eigenvalue weighted by Gasteiger charge is -2.07. The summed E-state index contributed by atoms with van der Waals surface area (Å²) in [6, 6.07) is 4.98. The van der Waals surface area contributed by atoms with Crippen molar-refractivity contribution in [2.75, 3.05) is 13.1 Å². The number of amides is 2. The summed E-state index contributed by atoms with van der Waals surface area (Å²) in [6.07, 6.45) is 9.40. The van der Waals surface area contributed by atoms with Gasteiger partial charge in [0.05, 0.1) is 0 Å². The van der Waals surface area contributed by atoms with Crippen molar-refractivity contribution in [3.8, 4) is 34.5 Å². The third-order valence-corrected chi connectivity index (χ3v) is 5.16. The fourth-order valence-electron chi connectivity index (χ4n) is 3.25. The lowest BCUT2D eigenvalue weighted by molar-refractivity contribution is -0.109. The zero-order valence-corrected chi connectivity index (χ0v) is 20.0. The van der Waals surface area contributed by atoms with Crippen LogP contribution in [0, 0.1) is 6.92 Å². The van der Waals surface area contributed by atoms with E-state index in [4.69, 9.17) is 15.3 Å². The second-order valence-corrected chi connectivity index (χ2v) is 8.17. The molecule has 8 N–H and O–H groups in total. The van der Waals surface area contributed by atoms with Crippen LogP contribution >= 0.6 is 0 Å². The van der Waals surface area contributed by atoms with E-state index >= 15 is 0 Å². The molecule has 194 valence electrons. The number of phenols is 6. The van der Waals surface area contributed by atoms with Crippen molar-refractivity contribution in [1.82, 2.24) is 10.6 Å². The molecule has 0 fully saturated rings. The highest BCUT2D eigenvalue weighted by molar-refractivity contribution is 5.95. The predicted octanol–water partition coefficient (Wildman–Crippen LogP) is 3.51. The molecule has 0 bridgehead atoms. The van der Waals surface area contributed by atoms with Crippen LogP contribution in [0.2, 0.25) is 0 Å². The number of carbonyl (C=O) groups is 2. The summed E-state index contributed by atoms with van der Waals surface area (Å²) in [5.41, 5.74) is 0.810. The third-order valence-electron chi connectivity index (χ3n) is 5.16. The number of aryl methyl sites for hydroxylation is 1. The van der Waals surface area contributed by atoms with Gasteiger partial charge in [-0.05, 0) is 49.6 Å². The van der Waals surface area contributed by atoms with Gasteiger partial charge >= 0.3 is 0 Å². The molecule has 35 heavy (non-hydrogen) atoms. The van der Waals surface area contributed by atoms with E-state index in [-0.39, 0.29) is 17.1 Å².